The molecule has 0 radical (unpaired) electrons. The van der Waals surface area contributed by atoms with Crippen molar-refractivity contribution in [3.05, 3.63) is 12.2 Å². The van der Waals surface area contributed by atoms with E-state index in [1.165, 1.54) is 24.3 Å². The van der Waals surface area contributed by atoms with Gasteiger partial charge in [-0.1, -0.05) is 12.2 Å². The zero-order valence-electron chi connectivity index (χ0n) is 5.55. The maximum atomic E-state index is 2.42. The molecule has 0 aromatic carbocycles. The molecule has 1 saturated heterocycles. The Kier molecular flexibility index (Phi) is 1.54. The summed E-state index contributed by atoms with van der Waals surface area (Å²) in [5.41, 5.74) is 0. The van der Waals surface area contributed by atoms with E-state index in [1.807, 2.05) is 0 Å². The van der Waals surface area contributed by atoms with Gasteiger partial charge in [0.1, 0.15) is 0 Å². The Labute approximate surface area is 60.7 Å². The smallest absolute Gasteiger partial charge is 0.000139 e. The van der Waals surface area contributed by atoms with Crippen LogP contribution in [0.3, 0.4) is 0 Å². The first kappa shape index (κ1) is 5.84. The molecule has 9 heavy (non-hydrogen) atoms. The molecular weight excluding hydrogens is 128 g/mol. The fraction of sp³-hybridized carbons (Fsp3) is 0.750. The van der Waals surface area contributed by atoms with Crippen LogP contribution in [0.5, 0.6) is 0 Å². The van der Waals surface area contributed by atoms with Gasteiger partial charge in [-0.05, 0) is 36.2 Å². The SMILES string of the molecule is C1=CC2CSCC2CC1. The molecule has 0 N–H and O–H groups in total. The Morgan fingerprint density at radius 1 is 1.33 bits per heavy atom. The summed E-state index contributed by atoms with van der Waals surface area (Å²) in [6.07, 6.45) is 7.57. The average Bonchev–Trinajstić information content (AvgIpc) is 2.33. The van der Waals surface area contributed by atoms with Crippen LogP contribution >= 0.6 is 11.8 Å². The molecule has 0 nitrogen and oxygen atoms in total. The van der Waals surface area contributed by atoms with Crippen molar-refractivity contribution in [1.82, 2.24) is 0 Å². The third kappa shape index (κ3) is 1.03. The fourth-order valence-electron chi connectivity index (χ4n) is 1.71. The minimum Gasteiger partial charge on any atom is -0.161 e. The lowest BCUT2D eigenvalue weighted by Crippen LogP contribution is -2.12. The predicted molar refractivity (Wildman–Crippen MR) is 42.7 cm³/mol. The summed E-state index contributed by atoms with van der Waals surface area (Å²) in [5.74, 6) is 4.81. The molecule has 1 fully saturated rings. The predicted octanol–water partition coefficient (Wildman–Crippen LogP) is 2.32. The van der Waals surface area contributed by atoms with E-state index in [1.54, 1.807) is 0 Å². The van der Waals surface area contributed by atoms with E-state index >= 15 is 0 Å². The summed E-state index contributed by atoms with van der Waals surface area (Å²) in [7, 11) is 0. The monoisotopic (exact) mass is 140 g/mol. The van der Waals surface area contributed by atoms with Crippen LogP contribution in [-0.4, -0.2) is 11.5 Å². The summed E-state index contributed by atoms with van der Waals surface area (Å²) in [5, 5.41) is 0. The van der Waals surface area contributed by atoms with E-state index in [4.69, 9.17) is 0 Å². The second-order valence-electron chi connectivity index (χ2n) is 2.97. The standard InChI is InChI=1S/C8H12S/c1-2-4-8-6-9-5-7(8)3-1/h1,3,7-8H,2,4-6H2. The Hall–Kier alpha value is 0.0900. The lowest BCUT2D eigenvalue weighted by Gasteiger charge is -2.17. The van der Waals surface area contributed by atoms with Crippen molar-refractivity contribution in [1.29, 1.82) is 0 Å². The van der Waals surface area contributed by atoms with Gasteiger partial charge in [0.15, 0.2) is 0 Å². The van der Waals surface area contributed by atoms with Gasteiger partial charge >= 0.3 is 0 Å². The number of hydrogen-bond acceptors (Lipinski definition) is 1. The molecule has 0 aromatic rings. The van der Waals surface area contributed by atoms with Crippen LogP contribution in [0.4, 0.5) is 0 Å². The highest BCUT2D eigenvalue weighted by atomic mass is 32.2. The van der Waals surface area contributed by atoms with Gasteiger partial charge in [0.25, 0.3) is 0 Å². The van der Waals surface area contributed by atoms with E-state index in [0.29, 0.717) is 0 Å². The van der Waals surface area contributed by atoms with Crippen LogP contribution in [-0.2, 0) is 0 Å². The number of thioether (sulfide) groups is 1. The molecule has 2 rings (SSSR count). The van der Waals surface area contributed by atoms with Crippen LogP contribution in [0.15, 0.2) is 12.2 Å². The molecule has 0 amide bonds. The van der Waals surface area contributed by atoms with Crippen molar-refractivity contribution in [2.24, 2.45) is 11.8 Å². The van der Waals surface area contributed by atoms with E-state index in [9.17, 15) is 0 Å². The molecule has 2 atom stereocenters. The first-order valence-electron chi connectivity index (χ1n) is 3.71. The number of allylic oxidation sites excluding steroid dienone is 2. The number of hydrogen-bond donors (Lipinski definition) is 0. The van der Waals surface area contributed by atoms with Crippen molar-refractivity contribution in [3.8, 4) is 0 Å². The van der Waals surface area contributed by atoms with Gasteiger partial charge in [0.2, 0.25) is 0 Å². The molecular formula is C8H12S. The van der Waals surface area contributed by atoms with Crippen LogP contribution < -0.4 is 0 Å². The maximum absolute atomic E-state index is 2.42. The summed E-state index contributed by atoms with van der Waals surface area (Å²) in [4.78, 5) is 0. The lowest BCUT2D eigenvalue weighted by molar-refractivity contribution is 0.444. The Bertz CT molecular complexity index is 129. The Morgan fingerprint density at radius 2 is 2.33 bits per heavy atom. The maximum Gasteiger partial charge on any atom is -0.000139 e. The van der Waals surface area contributed by atoms with Crippen molar-refractivity contribution >= 4 is 11.8 Å². The first-order valence-corrected chi connectivity index (χ1v) is 4.87. The summed E-state index contributed by atoms with van der Waals surface area (Å²) >= 11 is 2.13. The quantitative estimate of drug-likeness (QED) is 0.465. The highest BCUT2D eigenvalue weighted by Gasteiger charge is 2.26. The Morgan fingerprint density at radius 3 is 3.22 bits per heavy atom. The van der Waals surface area contributed by atoms with Gasteiger partial charge in [-0.25, -0.2) is 0 Å². The van der Waals surface area contributed by atoms with E-state index in [2.05, 4.69) is 23.9 Å². The largest absolute Gasteiger partial charge is 0.161 e. The van der Waals surface area contributed by atoms with Crippen molar-refractivity contribution in [2.75, 3.05) is 11.5 Å². The zero-order chi connectivity index (χ0) is 6.10. The summed E-state index contributed by atoms with van der Waals surface area (Å²) < 4.78 is 0. The second-order valence-corrected chi connectivity index (χ2v) is 4.04. The third-order valence-corrected chi connectivity index (χ3v) is 3.62. The fourth-order valence-corrected chi connectivity index (χ4v) is 3.21. The molecule has 0 aromatic heterocycles. The molecule has 50 valence electrons. The minimum absolute atomic E-state index is 0.948. The Balaban J connectivity index is 2.10. The molecule has 0 spiro atoms. The molecule has 0 saturated carbocycles. The van der Waals surface area contributed by atoms with Gasteiger partial charge in [-0.15, -0.1) is 0 Å². The summed E-state index contributed by atoms with van der Waals surface area (Å²) in [6, 6.07) is 0. The van der Waals surface area contributed by atoms with Crippen molar-refractivity contribution in [2.45, 2.75) is 12.8 Å². The first-order chi connectivity index (χ1) is 4.47. The van der Waals surface area contributed by atoms with Crippen LogP contribution in [0.2, 0.25) is 0 Å². The van der Waals surface area contributed by atoms with Gasteiger partial charge in [-0.3, -0.25) is 0 Å². The molecule has 1 aliphatic heterocycles. The van der Waals surface area contributed by atoms with E-state index in [0.717, 1.165) is 11.8 Å². The normalized spacial score (nSPS) is 40.9. The second kappa shape index (κ2) is 2.37. The third-order valence-electron chi connectivity index (χ3n) is 2.34. The van der Waals surface area contributed by atoms with Gasteiger partial charge in [-0.2, -0.15) is 11.8 Å². The molecule has 1 aliphatic carbocycles. The molecule has 1 heterocycles. The highest BCUT2D eigenvalue weighted by molar-refractivity contribution is 7.99. The average molecular weight is 140 g/mol. The van der Waals surface area contributed by atoms with E-state index in [-0.39, 0.29) is 0 Å². The van der Waals surface area contributed by atoms with Crippen molar-refractivity contribution < 1.29 is 0 Å². The minimum atomic E-state index is 0.948. The van der Waals surface area contributed by atoms with Gasteiger partial charge in [0.05, 0.1) is 0 Å². The van der Waals surface area contributed by atoms with Gasteiger partial charge in [0, 0.05) is 0 Å². The van der Waals surface area contributed by atoms with E-state index < -0.39 is 0 Å². The number of fused-ring (bicyclic) bond motifs is 1. The van der Waals surface area contributed by atoms with Crippen LogP contribution in [0.1, 0.15) is 12.8 Å². The molecule has 0 bridgehead atoms. The lowest BCUT2D eigenvalue weighted by atomic mass is 9.87. The highest BCUT2D eigenvalue weighted by Crippen LogP contribution is 2.36. The van der Waals surface area contributed by atoms with Crippen LogP contribution in [0.25, 0.3) is 0 Å². The topological polar surface area (TPSA) is 0 Å². The molecule has 2 unspecified atom stereocenters. The molecule has 1 heteroatoms. The summed E-state index contributed by atoms with van der Waals surface area (Å²) in [6.45, 7) is 0. The van der Waals surface area contributed by atoms with Crippen molar-refractivity contribution in [3.63, 3.8) is 0 Å². The van der Waals surface area contributed by atoms with Gasteiger partial charge < -0.3 is 0 Å². The zero-order valence-corrected chi connectivity index (χ0v) is 6.36. The number of rotatable bonds is 0. The molecule has 2 aliphatic rings. The van der Waals surface area contributed by atoms with Crippen LogP contribution in [0, 0.1) is 11.8 Å².